The van der Waals surface area contributed by atoms with E-state index in [1.54, 1.807) is 0 Å². The van der Waals surface area contributed by atoms with Gasteiger partial charge in [0.25, 0.3) is 0 Å². The van der Waals surface area contributed by atoms with Crippen LogP contribution in [-0.4, -0.2) is 30.3 Å². The van der Waals surface area contributed by atoms with E-state index in [9.17, 15) is 14.0 Å². The molecule has 0 spiro atoms. The van der Waals surface area contributed by atoms with E-state index < -0.39 is 17.9 Å². The standard InChI is InChI=1S/C11H13FN2O4/c12-9-5-7(1-2-8(9)10(15)16)6-14-3-4-18-11(13)17/h1-2,5,14H,3-4,6H2,(H2,13,17)(H,15,16). The van der Waals surface area contributed by atoms with E-state index in [-0.39, 0.29) is 12.2 Å². The summed E-state index contributed by atoms with van der Waals surface area (Å²) in [7, 11) is 0. The molecule has 6 nitrogen and oxygen atoms in total. The molecule has 18 heavy (non-hydrogen) atoms. The predicted molar refractivity (Wildman–Crippen MR) is 60.6 cm³/mol. The van der Waals surface area contributed by atoms with Gasteiger partial charge in [-0.1, -0.05) is 6.07 Å². The summed E-state index contributed by atoms with van der Waals surface area (Å²) >= 11 is 0. The SMILES string of the molecule is NC(=O)OCCNCc1ccc(C(=O)O)c(F)c1. The first kappa shape index (κ1) is 13.9. The maximum Gasteiger partial charge on any atom is 0.404 e. The van der Waals surface area contributed by atoms with Crippen LogP contribution < -0.4 is 11.1 Å². The molecule has 0 aromatic heterocycles. The van der Waals surface area contributed by atoms with E-state index in [4.69, 9.17) is 10.8 Å². The van der Waals surface area contributed by atoms with E-state index in [1.807, 2.05) is 0 Å². The van der Waals surface area contributed by atoms with Gasteiger partial charge < -0.3 is 20.9 Å². The zero-order valence-corrected chi connectivity index (χ0v) is 9.48. The molecule has 0 aliphatic heterocycles. The number of carbonyl (C=O) groups is 2. The van der Waals surface area contributed by atoms with E-state index in [0.29, 0.717) is 18.7 Å². The zero-order valence-electron chi connectivity index (χ0n) is 9.48. The molecular formula is C11H13FN2O4. The molecule has 0 bridgehead atoms. The summed E-state index contributed by atoms with van der Waals surface area (Å²) < 4.78 is 17.8. The summed E-state index contributed by atoms with van der Waals surface area (Å²) in [5.41, 5.74) is 4.99. The van der Waals surface area contributed by atoms with Crippen molar-refractivity contribution in [1.29, 1.82) is 0 Å². The summed E-state index contributed by atoms with van der Waals surface area (Å²) in [6.45, 7) is 0.815. The molecule has 98 valence electrons. The minimum atomic E-state index is -1.30. The van der Waals surface area contributed by atoms with Crippen molar-refractivity contribution in [3.8, 4) is 0 Å². The van der Waals surface area contributed by atoms with Gasteiger partial charge in [0.1, 0.15) is 12.4 Å². The fourth-order valence-corrected chi connectivity index (χ4v) is 1.30. The molecule has 0 aliphatic rings. The highest BCUT2D eigenvalue weighted by molar-refractivity contribution is 5.87. The van der Waals surface area contributed by atoms with Crippen molar-refractivity contribution >= 4 is 12.1 Å². The predicted octanol–water partition coefficient (Wildman–Crippen LogP) is 0.709. The van der Waals surface area contributed by atoms with Crippen molar-refractivity contribution in [1.82, 2.24) is 5.32 Å². The maximum absolute atomic E-state index is 13.3. The Morgan fingerprint density at radius 3 is 2.72 bits per heavy atom. The van der Waals surface area contributed by atoms with E-state index in [2.05, 4.69) is 10.1 Å². The van der Waals surface area contributed by atoms with Gasteiger partial charge in [-0.3, -0.25) is 0 Å². The Kier molecular flexibility index (Phi) is 5.06. The van der Waals surface area contributed by atoms with Crippen LogP contribution in [0.25, 0.3) is 0 Å². The third-order valence-electron chi connectivity index (χ3n) is 2.12. The number of carboxylic acids is 1. The van der Waals surface area contributed by atoms with Gasteiger partial charge in [-0.05, 0) is 17.7 Å². The van der Waals surface area contributed by atoms with Gasteiger partial charge in [0.05, 0.1) is 5.56 Å². The molecule has 1 aromatic carbocycles. The highest BCUT2D eigenvalue weighted by Gasteiger charge is 2.09. The van der Waals surface area contributed by atoms with Crippen LogP contribution in [0.15, 0.2) is 18.2 Å². The Morgan fingerprint density at radius 1 is 1.44 bits per heavy atom. The topological polar surface area (TPSA) is 102 Å². The zero-order chi connectivity index (χ0) is 13.5. The monoisotopic (exact) mass is 256 g/mol. The summed E-state index contributed by atoms with van der Waals surface area (Å²) in [4.78, 5) is 20.8. The van der Waals surface area contributed by atoms with Crippen molar-refractivity contribution in [3.05, 3.63) is 35.1 Å². The number of nitrogens with two attached hydrogens (primary N) is 1. The van der Waals surface area contributed by atoms with Crippen LogP contribution in [0.5, 0.6) is 0 Å². The molecule has 7 heteroatoms. The number of primary amides is 1. The summed E-state index contributed by atoms with van der Waals surface area (Å²) in [5.74, 6) is -2.09. The van der Waals surface area contributed by atoms with Crippen molar-refractivity contribution in [2.45, 2.75) is 6.54 Å². The molecule has 0 radical (unpaired) electrons. The van der Waals surface area contributed by atoms with Crippen molar-refractivity contribution < 1.29 is 23.8 Å². The Hall–Kier alpha value is -2.15. The van der Waals surface area contributed by atoms with Gasteiger partial charge in [0.15, 0.2) is 0 Å². The van der Waals surface area contributed by atoms with Crippen LogP contribution in [0.4, 0.5) is 9.18 Å². The lowest BCUT2D eigenvalue weighted by Gasteiger charge is -2.06. The van der Waals surface area contributed by atoms with E-state index in [0.717, 1.165) is 6.07 Å². The lowest BCUT2D eigenvalue weighted by molar-refractivity contribution is 0.0692. The van der Waals surface area contributed by atoms with Crippen LogP contribution in [0.1, 0.15) is 15.9 Å². The molecular weight excluding hydrogens is 243 g/mol. The van der Waals surface area contributed by atoms with Crippen molar-refractivity contribution in [3.63, 3.8) is 0 Å². The van der Waals surface area contributed by atoms with Crippen molar-refractivity contribution in [2.24, 2.45) is 5.73 Å². The van der Waals surface area contributed by atoms with E-state index in [1.165, 1.54) is 12.1 Å². The number of carbonyl (C=O) groups excluding carboxylic acids is 1. The normalized spacial score (nSPS) is 10.1. The second kappa shape index (κ2) is 6.55. The van der Waals surface area contributed by atoms with Gasteiger partial charge >= 0.3 is 12.1 Å². The molecule has 1 amide bonds. The molecule has 1 aromatic rings. The minimum Gasteiger partial charge on any atom is -0.478 e. The number of hydrogen-bond donors (Lipinski definition) is 3. The van der Waals surface area contributed by atoms with Crippen LogP contribution in [0, 0.1) is 5.82 Å². The number of halogens is 1. The maximum atomic E-state index is 13.3. The fraction of sp³-hybridized carbons (Fsp3) is 0.273. The van der Waals surface area contributed by atoms with Gasteiger partial charge in [-0.2, -0.15) is 0 Å². The summed E-state index contributed by atoms with van der Waals surface area (Å²) in [6.07, 6.45) is -0.853. The average molecular weight is 256 g/mol. The molecule has 0 atom stereocenters. The quantitative estimate of drug-likeness (QED) is 0.650. The minimum absolute atomic E-state index is 0.116. The van der Waals surface area contributed by atoms with Gasteiger partial charge in [0, 0.05) is 13.1 Å². The number of aromatic carboxylic acids is 1. The molecule has 0 saturated carbocycles. The number of rotatable bonds is 6. The molecule has 0 unspecified atom stereocenters. The van der Waals surface area contributed by atoms with Crippen LogP contribution in [-0.2, 0) is 11.3 Å². The highest BCUT2D eigenvalue weighted by Crippen LogP contribution is 2.10. The molecule has 0 fully saturated rings. The smallest absolute Gasteiger partial charge is 0.404 e. The number of benzene rings is 1. The van der Waals surface area contributed by atoms with Crippen LogP contribution in [0.3, 0.4) is 0 Å². The Bertz CT molecular complexity index is 451. The molecule has 4 N–H and O–H groups in total. The lowest BCUT2D eigenvalue weighted by atomic mass is 10.1. The first-order valence-electron chi connectivity index (χ1n) is 5.15. The summed E-state index contributed by atoms with van der Waals surface area (Å²) in [6, 6.07) is 3.86. The van der Waals surface area contributed by atoms with E-state index >= 15 is 0 Å². The number of hydrogen-bond acceptors (Lipinski definition) is 4. The third-order valence-corrected chi connectivity index (χ3v) is 2.12. The lowest BCUT2D eigenvalue weighted by Crippen LogP contribution is -2.23. The third kappa shape index (κ3) is 4.38. The Labute approximate surface area is 103 Å². The van der Waals surface area contributed by atoms with Gasteiger partial charge in [-0.25, -0.2) is 14.0 Å². The highest BCUT2D eigenvalue weighted by atomic mass is 19.1. The number of ether oxygens (including phenoxy) is 1. The van der Waals surface area contributed by atoms with Crippen molar-refractivity contribution in [2.75, 3.05) is 13.2 Å². The number of amides is 1. The molecule has 0 heterocycles. The van der Waals surface area contributed by atoms with Crippen LogP contribution in [0.2, 0.25) is 0 Å². The van der Waals surface area contributed by atoms with Gasteiger partial charge in [-0.15, -0.1) is 0 Å². The summed E-state index contributed by atoms with van der Waals surface area (Å²) in [5, 5.41) is 11.5. The number of nitrogens with one attached hydrogen (secondary N) is 1. The second-order valence-electron chi connectivity index (χ2n) is 3.46. The first-order valence-corrected chi connectivity index (χ1v) is 5.15. The second-order valence-corrected chi connectivity index (χ2v) is 3.46. The van der Waals surface area contributed by atoms with Crippen LogP contribution >= 0.6 is 0 Å². The van der Waals surface area contributed by atoms with Gasteiger partial charge in [0.2, 0.25) is 0 Å². The Morgan fingerprint density at radius 2 is 2.17 bits per heavy atom. The number of carboxylic acid groups (broad SMARTS) is 1. The molecule has 1 rings (SSSR count). The average Bonchev–Trinajstić information content (AvgIpc) is 2.27. The first-order chi connectivity index (χ1) is 8.50. The largest absolute Gasteiger partial charge is 0.478 e. The molecule has 0 saturated heterocycles. The Balaban J connectivity index is 2.42. The fourth-order valence-electron chi connectivity index (χ4n) is 1.30. The molecule has 0 aliphatic carbocycles.